The van der Waals surface area contributed by atoms with E-state index in [0.717, 1.165) is 16.8 Å². The highest BCUT2D eigenvalue weighted by Gasteiger charge is 2.75. The lowest BCUT2D eigenvalue weighted by Gasteiger charge is -2.39. The van der Waals surface area contributed by atoms with Gasteiger partial charge in [0, 0.05) is 12.2 Å². The van der Waals surface area contributed by atoms with Crippen LogP contribution in [-0.2, 0) is 23.9 Å². The molecule has 6 atom stereocenters. The molecular weight excluding hydrogens is 448 g/mol. The van der Waals surface area contributed by atoms with Gasteiger partial charge in [-0.3, -0.25) is 14.4 Å². The number of hydrogen-bond donors (Lipinski definition) is 1. The number of rotatable bonds is 9. The summed E-state index contributed by atoms with van der Waals surface area (Å²) < 4.78 is 11.7. The third kappa shape index (κ3) is 3.87. The molecule has 4 rings (SSSR count). The fraction of sp³-hybridized carbons (Fsp3) is 0.593. The first-order valence-corrected chi connectivity index (χ1v) is 12.5. The van der Waals surface area contributed by atoms with E-state index in [1.165, 1.54) is 4.90 Å². The van der Waals surface area contributed by atoms with Crippen molar-refractivity contribution in [2.24, 2.45) is 11.8 Å². The van der Waals surface area contributed by atoms with Gasteiger partial charge in [0.25, 0.3) is 5.91 Å². The van der Waals surface area contributed by atoms with Crippen LogP contribution in [0.1, 0.15) is 44.2 Å². The van der Waals surface area contributed by atoms with Crippen LogP contribution in [0.3, 0.4) is 0 Å². The summed E-state index contributed by atoms with van der Waals surface area (Å²) in [5.74, 6) is -2.61. The summed E-state index contributed by atoms with van der Waals surface area (Å²) in [5, 5.41) is 10.2. The zero-order valence-electron chi connectivity index (χ0n) is 21.0. The quantitative estimate of drug-likeness (QED) is 0.428. The van der Waals surface area contributed by atoms with Crippen molar-refractivity contribution in [2.75, 3.05) is 24.7 Å². The molecule has 3 heterocycles. The molecule has 8 heteroatoms. The van der Waals surface area contributed by atoms with Crippen LogP contribution in [0.25, 0.3) is 0 Å². The molecule has 2 unspecified atom stereocenters. The maximum atomic E-state index is 14.4. The molecule has 2 amide bonds. The van der Waals surface area contributed by atoms with Gasteiger partial charge in [0.05, 0.1) is 37.2 Å². The van der Waals surface area contributed by atoms with E-state index < -0.39 is 41.6 Å². The molecule has 8 nitrogen and oxygen atoms in total. The van der Waals surface area contributed by atoms with Crippen LogP contribution in [0, 0.1) is 25.7 Å². The average molecular weight is 485 g/mol. The van der Waals surface area contributed by atoms with Gasteiger partial charge in [0.2, 0.25) is 5.91 Å². The average Bonchev–Trinajstić information content (AvgIpc) is 3.48. The number of fused-ring (bicyclic) bond motifs is 1. The van der Waals surface area contributed by atoms with Gasteiger partial charge in [0.15, 0.2) is 0 Å². The van der Waals surface area contributed by atoms with Gasteiger partial charge < -0.3 is 24.4 Å². The van der Waals surface area contributed by atoms with Gasteiger partial charge in [-0.05, 0) is 57.2 Å². The molecule has 3 aliphatic rings. The summed E-state index contributed by atoms with van der Waals surface area (Å²) >= 11 is 0. The first-order valence-electron chi connectivity index (χ1n) is 12.5. The number of likely N-dealkylation sites (tertiary alicyclic amines) is 1. The molecule has 0 radical (unpaired) electrons. The number of hydrogen-bond acceptors (Lipinski definition) is 6. The lowest BCUT2D eigenvalue weighted by molar-refractivity contribution is -0.155. The van der Waals surface area contributed by atoms with Crippen LogP contribution in [0.4, 0.5) is 5.69 Å². The molecule has 1 aromatic carbocycles. The molecule has 2 bridgehead atoms. The van der Waals surface area contributed by atoms with Crippen molar-refractivity contribution in [3.05, 3.63) is 42.0 Å². The van der Waals surface area contributed by atoms with Crippen molar-refractivity contribution < 1.29 is 29.0 Å². The lowest BCUT2D eigenvalue weighted by Crippen LogP contribution is -2.59. The number of amides is 2. The fourth-order valence-corrected chi connectivity index (χ4v) is 6.28. The number of nitrogens with zero attached hydrogens (tertiary/aromatic N) is 2. The summed E-state index contributed by atoms with van der Waals surface area (Å²) in [4.78, 5) is 44.4. The molecule has 0 aromatic heterocycles. The molecular formula is C27H36N2O6. The Balaban J connectivity index is 1.83. The molecule has 0 aliphatic carbocycles. The van der Waals surface area contributed by atoms with Gasteiger partial charge in [-0.15, -0.1) is 6.58 Å². The summed E-state index contributed by atoms with van der Waals surface area (Å²) in [6, 6.07) is 4.38. The number of benzene rings is 1. The number of aryl methyl sites for hydroxylation is 2. The predicted octanol–water partition coefficient (Wildman–Crippen LogP) is 2.53. The third-order valence-corrected chi connectivity index (χ3v) is 7.84. The van der Waals surface area contributed by atoms with E-state index in [0.29, 0.717) is 19.3 Å². The molecule has 1 N–H and O–H groups in total. The Morgan fingerprint density at radius 2 is 2.11 bits per heavy atom. The number of anilines is 1. The van der Waals surface area contributed by atoms with E-state index in [2.05, 4.69) is 6.58 Å². The van der Waals surface area contributed by atoms with Crippen LogP contribution < -0.4 is 4.90 Å². The zero-order valence-corrected chi connectivity index (χ0v) is 21.0. The Morgan fingerprint density at radius 1 is 1.37 bits per heavy atom. The molecule has 35 heavy (non-hydrogen) atoms. The molecule has 1 spiro atoms. The molecule has 1 aromatic rings. The Bertz CT molecular complexity index is 1020. The number of aliphatic hydroxyl groups excluding tert-OH is 1. The van der Waals surface area contributed by atoms with Gasteiger partial charge in [-0.2, -0.15) is 0 Å². The smallest absolute Gasteiger partial charge is 0.312 e. The summed E-state index contributed by atoms with van der Waals surface area (Å²) in [6.07, 6.45) is 2.74. The summed E-state index contributed by atoms with van der Waals surface area (Å²) in [7, 11) is 0. The highest BCUT2D eigenvalue weighted by molar-refractivity contribution is 6.05. The lowest BCUT2D eigenvalue weighted by atomic mass is 9.70. The maximum absolute atomic E-state index is 14.4. The highest BCUT2D eigenvalue weighted by Crippen LogP contribution is 2.59. The van der Waals surface area contributed by atoms with Gasteiger partial charge in [-0.25, -0.2) is 0 Å². The van der Waals surface area contributed by atoms with Crippen molar-refractivity contribution in [1.29, 1.82) is 0 Å². The van der Waals surface area contributed by atoms with E-state index >= 15 is 0 Å². The Hall–Kier alpha value is -2.71. The second-order valence-electron chi connectivity index (χ2n) is 9.83. The molecule has 3 aliphatic heterocycles. The predicted molar refractivity (Wildman–Crippen MR) is 131 cm³/mol. The van der Waals surface area contributed by atoms with Crippen molar-refractivity contribution in [3.8, 4) is 0 Å². The Kier molecular flexibility index (Phi) is 7.06. The standard InChI is InChI=1S/C27H36N2O6/c1-6-13-28(19-14-16(4)9-10-17(19)5)25(32)23-27-12-11-20(35-27)21(26(33)34-8-3)22(27)24(31)29(23)18(7-2)15-30/h6,9-10,14,18,20-23,30H,1,7-8,11-13,15H2,2-5H3/t18-,20+,21-,22-,23?,27?/m0/s1. The molecule has 3 saturated heterocycles. The first-order chi connectivity index (χ1) is 16.7. The van der Waals surface area contributed by atoms with Crippen LogP contribution in [0.2, 0.25) is 0 Å². The SMILES string of the molecule is C=CCN(C(=O)C1N([C@@H](CC)CO)C(=O)[C@@H]2[C@@H](C(=O)OCC)[C@H]3CCC12O3)c1cc(C)ccc1C. The largest absolute Gasteiger partial charge is 0.466 e. The van der Waals surface area contributed by atoms with Crippen LogP contribution in [-0.4, -0.2) is 71.3 Å². The highest BCUT2D eigenvalue weighted by atomic mass is 16.6. The summed E-state index contributed by atoms with van der Waals surface area (Å²) in [6.45, 7) is 11.5. The minimum Gasteiger partial charge on any atom is -0.466 e. The van der Waals surface area contributed by atoms with E-state index in [1.54, 1.807) is 17.9 Å². The van der Waals surface area contributed by atoms with E-state index in [1.807, 2.05) is 39.0 Å². The van der Waals surface area contributed by atoms with Crippen molar-refractivity contribution in [1.82, 2.24) is 4.90 Å². The van der Waals surface area contributed by atoms with Gasteiger partial charge in [0.1, 0.15) is 11.6 Å². The minimum atomic E-state index is -1.13. The third-order valence-electron chi connectivity index (χ3n) is 7.84. The maximum Gasteiger partial charge on any atom is 0.312 e. The van der Waals surface area contributed by atoms with Crippen LogP contribution in [0.15, 0.2) is 30.9 Å². The fourth-order valence-electron chi connectivity index (χ4n) is 6.28. The van der Waals surface area contributed by atoms with E-state index in [9.17, 15) is 19.5 Å². The van der Waals surface area contributed by atoms with Gasteiger partial charge in [-0.1, -0.05) is 25.1 Å². The number of esters is 1. The van der Waals surface area contributed by atoms with Crippen LogP contribution >= 0.6 is 0 Å². The molecule has 3 fully saturated rings. The number of carbonyl (C=O) groups excluding carboxylic acids is 3. The zero-order chi connectivity index (χ0) is 25.5. The Labute approximate surface area is 206 Å². The summed E-state index contributed by atoms with van der Waals surface area (Å²) in [5.41, 5.74) is 1.54. The Morgan fingerprint density at radius 3 is 2.74 bits per heavy atom. The topological polar surface area (TPSA) is 96.4 Å². The monoisotopic (exact) mass is 484 g/mol. The van der Waals surface area contributed by atoms with Crippen molar-refractivity contribution >= 4 is 23.5 Å². The first kappa shape index (κ1) is 25.4. The van der Waals surface area contributed by atoms with E-state index in [-0.39, 0.29) is 31.6 Å². The van der Waals surface area contributed by atoms with Crippen molar-refractivity contribution in [2.45, 2.75) is 70.7 Å². The molecule has 190 valence electrons. The molecule has 0 saturated carbocycles. The van der Waals surface area contributed by atoms with Crippen LogP contribution in [0.5, 0.6) is 0 Å². The normalized spacial score (nSPS) is 29.7. The second kappa shape index (κ2) is 9.74. The second-order valence-corrected chi connectivity index (χ2v) is 9.83. The van der Waals surface area contributed by atoms with E-state index in [4.69, 9.17) is 9.47 Å². The minimum absolute atomic E-state index is 0.204. The van der Waals surface area contributed by atoms with Gasteiger partial charge >= 0.3 is 5.97 Å². The number of carbonyl (C=O) groups is 3. The number of aliphatic hydroxyl groups is 1. The van der Waals surface area contributed by atoms with Crippen molar-refractivity contribution in [3.63, 3.8) is 0 Å². The number of ether oxygens (including phenoxy) is 2.